The lowest BCUT2D eigenvalue weighted by molar-refractivity contribution is 0.0931. The zero-order chi connectivity index (χ0) is 17.1. The number of thioether (sulfide) groups is 1. The summed E-state index contributed by atoms with van der Waals surface area (Å²) in [7, 11) is 1.80. The van der Waals surface area contributed by atoms with Gasteiger partial charge >= 0.3 is 0 Å². The normalized spacial score (nSPS) is 13.1. The monoisotopic (exact) mass is 465 g/mol. The molecule has 0 spiro atoms. The van der Waals surface area contributed by atoms with Gasteiger partial charge in [0.2, 0.25) is 0 Å². The number of ether oxygens (including phenoxy) is 1. The van der Waals surface area contributed by atoms with E-state index in [0.29, 0.717) is 12.5 Å². The second kappa shape index (κ2) is 12.8. The van der Waals surface area contributed by atoms with Crippen LogP contribution in [0.4, 0.5) is 0 Å². The van der Waals surface area contributed by atoms with Gasteiger partial charge in [0.1, 0.15) is 0 Å². The predicted octanol–water partition coefficient (Wildman–Crippen LogP) is 3.76. The molecule has 0 heterocycles. The first-order valence-corrected chi connectivity index (χ1v) is 9.30. The Labute approximate surface area is 168 Å². The topological polar surface area (TPSA) is 45.7 Å². The van der Waals surface area contributed by atoms with Crippen molar-refractivity contribution in [2.45, 2.75) is 32.1 Å². The Morgan fingerprint density at radius 3 is 2.50 bits per heavy atom. The van der Waals surface area contributed by atoms with E-state index >= 15 is 0 Å². The highest BCUT2D eigenvalue weighted by Gasteiger charge is 2.16. The van der Waals surface area contributed by atoms with Gasteiger partial charge in [-0.05, 0) is 31.6 Å². The Bertz CT molecular complexity index is 469. The molecule has 0 saturated heterocycles. The molecule has 0 amide bonds. The zero-order valence-electron chi connectivity index (χ0n) is 15.5. The van der Waals surface area contributed by atoms with E-state index in [1.165, 1.54) is 5.56 Å². The van der Waals surface area contributed by atoms with Gasteiger partial charge in [0.25, 0.3) is 0 Å². The summed E-state index contributed by atoms with van der Waals surface area (Å²) in [5, 5.41) is 6.74. The summed E-state index contributed by atoms with van der Waals surface area (Å²) in [4.78, 5) is 4.27. The summed E-state index contributed by atoms with van der Waals surface area (Å²) >= 11 is 1.85. The van der Waals surface area contributed by atoms with Gasteiger partial charge in [0.15, 0.2) is 5.96 Å². The number of benzene rings is 1. The molecular formula is C18H32IN3OS. The standard InChI is InChI=1S/C18H31N3OS.HI/c1-15(12-22-13-16-9-7-6-8-10-16)11-20-17(19-4)21-14-18(2,3)23-5;/h6-10,15H,11-14H2,1-5H3,(H2,19,20,21);1H. The molecule has 1 aromatic rings. The van der Waals surface area contributed by atoms with Crippen molar-refractivity contribution in [3.8, 4) is 0 Å². The van der Waals surface area contributed by atoms with Gasteiger partial charge in [-0.15, -0.1) is 24.0 Å². The molecule has 24 heavy (non-hydrogen) atoms. The number of rotatable bonds is 9. The highest BCUT2D eigenvalue weighted by Crippen LogP contribution is 2.19. The minimum atomic E-state index is 0. The summed E-state index contributed by atoms with van der Waals surface area (Å²) in [5.74, 6) is 1.27. The minimum absolute atomic E-state index is 0. The van der Waals surface area contributed by atoms with E-state index < -0.39 is 0 Å². The fraction of sp³-hybridized carbons (Fsp3) is 0.611. The van der Waals surface area contributed by atoms with E-state index in [1.54, 1.807) is 7.05 Å². The Hall–Kier alpha value is -0.470. The first kappa shape index (κ1) is 23.5. The SMILES string of the molecule is CN=C(NCC(C)COCc1ccccc1)NCC(C)(C)SC.I. The Kier molecular flexibility index (Phi) is 12.6. The lowest BCUT2D eigenvalue weighted by atomic mass is 10.2. The van der Waals surface area contributed by atoms with Crippen molar-refractivity contribution in [2.24, 2.45) is 10.9 Å². The van der Waals surface area contributed by atoms with Gasteiger partial charge in [-0.2, -0.15) is 11.8 Å². The van der Waals surface area contributed by atoms with Crippen LogP contribution in [-0.4, -0.2) is 43.7 Å². The van der Waals surface area contributed by atoms with Crippen molar-refractivity contribution in [1.82, 2.24) is 10.6 Å². The maximum absolute atomic E-state index is 5.78. The average Bonchev–Trinajstić information content (AvgIpc) is 2.56. The Morgan fingerprint density at radius 2 is 1.92 bits per heavy atom. The quantitative estimate of drug-likeness (QED) is 0.331. The molecular weight excluding hydrogens is 433 g/mol. The molecule has 1 rings (SSSR count). The number of nitrogens with one attached hydrogen (secondary N) is 2. The van der Waals surface area contributed by atoms with E-state index in [1.807, 2.05) is 30.0 Å². The van der Waals surface area contributed by atoms with Gasteiger partial charge in [0, 0.05) is 24.9 Å². The summed E-state index contributed by atoms with van der Waals surface area (Å²) in [6.45, 7) is 9.74. The maximum Gasteiger partial charge on any atom is 0.191 e. The van der Waals surface area contributed by atoms with Crippen molar-refractivity contribution < 1.29 is 4.74 Å². The number of hydrogen-bond donors (Lipinski definition) is 2. The summed E-state index contributed by atoms with van der Waals surface area (Å²) in [6, 6.07) is 10.3. The molecule has 0 aliphatic rings. The molecule has 0 radical (unpaired) electrons. The van der Waals surface area contributed by atoms with E-state index in [9.17, 15) is 0 Å². The lowest BCUT2D eigenvalue weighted by Crippen LogP contribution is -2.44. The fourth-order valence-electron chi connectivity index (χ4n) is 1.87. The van der Waals surface area contributed by atoms with Gasteiger partial charge in [0.05, 0.1) is 13.2 Å². The van der Waals surface area contributed by atoms with Crippen molar-refractivity contribution in [1.29, 1.82) is 0 Å². The number of halogens is 1. The van der Waals surface area contributed by atoms with Crippen LogP contribution in [0.5, 0.6) is 0 Å². The van der Waals surface area contributed by atoms with Crippen LogP contribution in [0.2, 0.25) is 0 Å². The van der Waals surface area contributed by atoms with E-state index in [-0.39, 0.29) is 28.7 Å². The largest absolute Gasteiger partial charge is 0.376 e. The van der Waals surface area contributed by atoms with Crippen LogP contribution in [0.15, 0.2) is 35.3 Å². The van der Waals surface area contributed by atoms with E-state index in [4.69, 9.17) is 4.74 Å². The summed E-state index contributed by atoms with van der Waals surface area (Å²) < 4.78 is 5.97. The highest BCUT2D eigenvalue weighted by molar-refractivity contribution is 14.0. The van der Waals surface area contributed by atoms with Crippen LogP contribution in [0.3, 0.4) is 0 Å². The van der Waals surface area contributed by atoms with Gasteiger partial charge in [-0.25, -0.2) is 0 Å². The van der Waals surface area contributed by atoms with Crippen molar-refractivity contribution >= 4 is 41.7 Å². The van der Waals surface area contributed by atoms with Gasteiger partial charge in [-0.3, -0.25) is 4.99 Å². The Morgan fingerprint density at radius 1 is 1.25 bits per heavy atom. The summed E-state index contributed by atoms with van der Waals surface area (Å²) in [6.07, 6.45) is 2.13. The molecule has 1 atom stereocenters. The zero-order valence-corrected chi connectivity index (χ0v) is 18.6. The number of hydrogen-bond acceptors (Lipinski definition) is 3. The molecule has 6 heteroatoms. The molecule has 0 saturated carbocycles. The number of guanidine groups is 1. The van der Waals surface area contributed by atoms with Crippen molar-refractivity contribution in [3.05, 3.63) is 35.9 Å². The summed E-state index contributed by atoms with van der Waals surface area (Å²) in [5.41, 5.74) is 1.21. The third kappa shape index (κ3) is 10.4. The molecule has 4 nitrogen and oxygen atoms in total. The third-order valence-electron chi connectivity index (χ3n) is 3.59. The van der Waals surface area contributed by atoms with Crippen LogP contribution in [0.1, 0.15) is 26.3 Å². The number of nitrogens with zero attached hydrogens (tertiary/aromatic N) is 1. The van der Waals surface area contributed by atoms with E-state index in [0.717, 1.165) is 25.7 Å². The minimum Gasteiger partial charge on any atom is -0.376 e. The molecule has 2 N–H and O–H groups in total. The molecule has 0 bridgehead atoms. The molecule has 0 aliphatic heterocycles. The average molecular weight is 465 g/mol. The molecule has 0 aromatic heterocycles. The maximum atomic E-state index is 5.78. The van der Waals surface area contributed by atoms with Crippen LogP contribution in [-0.2, 0) is 11.3 Å². The van der Waals surface area contributed by atoms with Crippen LogP contribution in [0, 0.1) is 5.92 Å². The Balaban J connectivity index is 0.00000529. The molecule has 1 aromatic carbocycles. The first-order valence-electron chi connectivity index (χ1n) is 8.08. The number of aliphatic imine (C=N–C) groups is 1. The van der Waals surface area contributed by atoms with Crippen LogP contribution >= 0.6 is 35.7 Å². The molecule has 138 valence electrons. The van der Waals surface area contributed by atoms with Crippen molar-refractivity contribution in [2.75, 3.05) is 33.0 Å². The molecule has 0 fully saturated rings. The molecule has 1 unspecified atom stereocenters. The first-order chi connectivity index (χ1) is 11.0. The van der Waals surface area contributed by atoms with Crippen LogP contribution < -0.4 is 10.6 Å². The predicted molar refractivity (Wildman–Crippen MR) is 118 cm³/mol. The van der Waals surface area contributed by atoms with Crippen molar-refractivity contribution in [3.63, 3.8) is 0 Å². The second-order valence-electron chi connectivity index (χ2n) is 6.38. The van der Waals surface area contributed by atoms with Crippen LogP contribution in [0.25, 0.3) is 0 Å². The lowest BCUT2D eigenvalue weighted by Gasteiger charge is -2.24. The molecule has 0 aliphatic carbocycles. The fourth-order valence-corrected chi connectivity index (χ4v) is 2.09. The smallest absolute Gasteiger partial charge is 0.191 e. The van der Waals surface area contributed by atoms with Gasteiger partial charge < -0.3 is 15.4 Å². The van der Waals surface area contributed by atoms with E-state index in [2.05, 4.69) is 54.8 Å². The van der Waals surface area contributed by atoms with Gasteiger partial charge in [-0.1, -0.05) is 37.3 Å². The third-order valence-corrected chi connectivity index (χ3v) is 4.84. The highest BCUT2D eigenvalue weighted by atomic mass is 127. The second-order valence-corrected chi connectivity index (χ2v) is 7.89.